The standard InChI is InChI=1S/C15H19N3O2/c1-18-15(13(19-2)8-17-18)14(16)11-7-10-5-3-4-6-12(10)20-9-11/h3-6,8,11,14H,7,9,16H2,1-2H3. The van der Waals surface area contributed by atoms with Gasteiger partial charge in [0.1, 0.15) is 5.75 Å². The van der Waals surface area contributed by atoms with Gasteiger partial charge in [0.15, 0.2) is 5.75 Å². The molecule has 2 N–H and O–H groups in total. The summed E-state index contributed by atoms with van der Waals surface area (Å²) in [5.74, 6) is 1.92. The lowest BCUT2D eigenvalue weighted by Crippen LogP contribution is -2.32. The number of hydrogen-bond donors (Lipinski definition) is 1. The highest BCUT2D eigenvalue weighted by Crippen LogP contribution is 2.35. The molecule has 0 amide bonds. The van der Waals surface area contributed by atoms with Gasteiger partial charge in [0.2, 0.25) is 0 Å². The fourth-order valence-corrected chi connectivity index (χ4v) is 2.77. The topological polar surface area (TPSA) is 62.3 Å². The first kappa shape index (κ1) is 13.0. The number of methoxy groups -OCH3 is 1. The Balaban J connectivity index is 1.85. The number of hydrogen-bond acceptors (Lipinski definition) is 4. The molecule has 0 aliphatic carbocycles. The second-order valence-corrected chi connectivity index (χ2v) is 5.13. The molecule has 20 heavy (non-hydrogen) atoms. The molecule has 3 rings (SSSR count). The predicted molar refractivity (Wildman–Crippen MR) is 75.8 cm³/mol. The Bertz CT molecular complexity index is 609. The Morgan fingerprint density at radius 1 is 1.45 bits per heavy atom. The highest BCUT2D eigenvalue weighted by molar-refractivity contribution is 5.36. The zero-order valence-electron chi connectivity index (χ0n) is 11.7. The second kappa shape index (κ2) is 5.17. The van der Waals surface area contributed by atoms with Crippen molar-refractivity contribution < 1.29 is 9.47 Å². The van der Waals surface area contributed by atoms with Gasteiger partial charge >= 0.3 is 0 Å². The number of para-hydroxylation sites is 1. The maximum atomic E-state index is 6.43. The average Bonchev–Trinajstić information content (AvgIpc) is 2.87. The van der Waals surface area contributed by atoms with Crippen LogP contribution in [0.15, 0.2) is 30.5 Å². The van der Waals surface area contributed by atoms with E-state index >= 15 is 0 Å². The SMILES string of the molecule is COc1cnn(C)c1C(N)C1COc2ccccc2C1. The molecule has 2 heterocycles. The van der Waals surface area contributed by atoms with E-state index in [0.29, 0.717) is 6.61 Å². The van der Waals surface area contributed by atoms with E-state index < -0.39 is 0 Å². The average molecular weight is 273 g/mol. The fourth-order valence-electron chi connectivity index (χ4n) is 2.77. The first-order valence-electron chi connectivity index (χ1n) is 6.73. The van der Waals surface area contributed by atoms with Crippen molar-refractivity contribution in [2.24, 2.45) is 18.7 Å². The van der Waals surface area contributed by atoms with Crippen LogP contribution in [0.4, 0.5) is 0 Å². The summed E-state index contributed by atoms with van der Waals surface area (Å²) < 4.78 is 12.9. The first-order valence-corrected chi connectivity index (χ1v) is 6.73. The van der Waals surface area contributed by atoms with Crippen LogP contribution in [0.3, 0.4) is 0 Å². The Kier molecular flexibility index (Phi) is 3.36. The minimum atomic E-state index is -0.161. The molecule has 2 atom stereocenters. The Hall–Kier alpha value is -2.01. The molecule has 1 aromatic heterocycles. The molecule has 106 valence electrons. The van der Waals surface area contributed by atoms with E-state index in [4.69, 9.17) is 15.2 Å². The van der Waals surface area contributed by atoms with Crippen LogP contribution >= 0.6 is 0 Å². The van der Waals surface area contributed by atoms with E-state index in [0.717, 1.165) is 23.6 Å². The summed E-state index contributed by atoms with van der Waals surface area (Å²) in [6.45, 7) is 0.618. The van der Waals surface area contributed by atoms with Crippen LogP contribution in [0.1, 0.15) is 17.3 Å². The smallest absolute Gasteiger partial charge is 0.161 e. The maximum absolute atomic E-state index is 6.43. The molecule has 1 aliphatic heterocycles. The van der Waals surface area contributed by atoms with Gasteiger partial charge in [-0.25, -0.2) is 0 Å². The number of aryl methyl sites for hydroxylation is 1. The zero-order chi connectivity index (χ0) is 14.1. The molecule has 0 saturated heterocycles. The van der Waals surface area contributed by atoms with Crippen LogP contribution in [0, 0.1) is 5.92 Å². The van der Waals surface area contributed by atoms with E-state index in [1.807, 2.05) is 25.2 Å². The van der Waals surface area contributed by atoms with Crippen molar-refractivity contribution in [1.82, 2.24) is 9.78 Å². The van der Waals surface area contributed by atoms with E-state index in [2.05, 4.69) is 11.2 Å². The summed E-state index contributed by atoms with van der Waals surface area (Å²) in [7, 11) is 3.52. The minimum Gasteiger partial charge on any atom is -0.493 e. The number of nitrogens with zero attached hydrogens (tertiary/aromatic N) is 2. The van der Waals surface area contributed by atoms with E-state index in [1.165, 1.54) is 5.56 Å². The van der Waals surface area contributed by atoms with Crippen LogP contribution in [0.25, 0.3) is 0 Å². The molecule has 0 fully saturated rings. The van der Waals surface area contributed by atoms with Gasteiger partial charge in [-0.2, -0.15) is 5.10 Å². The maximum Gasteiger partial charge on any atom is 0.161 e. The number of rotatable bonds is 3. The molecule has 0 bridgehead atoms. The molecular formula is C15H19N3O2. The van der Waals surface area contributed by atoms with Crippen molar-refractivity contribution in [3.05, 3.63) is 41.7 Å². The summed E-state index contributed by atoms with van der Waals surface area (Å²) >= 11 is 0. The number of nitrogens with two attached hydrogens (primary N) is 1. The van der Waals surface area contributed by atoms with Crippen molar-refractivity contribution in [1.29, 1.82) is 0 Å². The van der Waals surface area contributed by atoms with Gasteiger partial charge < -0.3 is 15.2 Å². The third-order valence-electron chi connectivity index (χ3n) is 3.90. The first-order chi connectivity index (χ1) is 9.70. The van der Waals surface area contributed by atoms with Gasteiger partial charge in [-0.15, -0.1) is 0 Å². The number of aromatic nitrogens is 2. The lowest BCUT2D eigenvalue weighted by molar-refractivity contribution is 0.195. The Morgan fingerprint density at radius 3 is 3.05 bits per heavy atom. The molecule has 0 saturated carbocycles. The van der Waals surface area contributed by atoms with Crippen LogP contribution < -0.4 is 15.2 Å². The third-order valence-corrected chi connectivity index (χ3v) is 3.90. The predicted octanol–water partition coefficient (Wildman–Crippen LogP) is 1.68. The van der Waals surface area contributed by atoms with Crippen molar-refractivity contribution >= 4 is 0 Å². The van der Waals surface area contributed by atoms with E-state index in [-0.39, 0.29) is 12.0 Å². The van der Waals surface area contributed by atoms with Crippen LogP contribution in [-0.2, 0) is 13.5 Å². The van der Waals surface area contributed by atoms with Crippen molar-refractivity contribution in [2.75, 3.05) is 13.7 Å². The highest BCUT2D eigenvalue weighted by Gasteiger charge is 2.29. The molecule has 1 aliphatic rings. The van der Waals surface area contributed by atoms with Crippen LogP contribution in [0.2, 0.25) is 0 Å². The summed E-state index contributed by atoms with van der Waals surface area (Å²) in [5.41, 5.74) is 8.55. The van der Waals surface area contributed by atoms with Gasteiger partial charge in [-0.1, -0.05) is 18.2 Å². The van der Waals surface area contributed by atoms with Crippen LogP contribution in [-0.4, -0.2) is 23.5 Å². The van der Waals surface area contributed by atoms with Gasteiger partial charge in [-0.3, -0.25) is 4.68 Å². The van der Waals surface area contributed by atoms with Gasteiger partial charge in [-0.05, 0) is 18.1 Å². The summed E-state index contributed by atoms with van der Waals surface area (Å²) in [6, 6.07) is 7.95. The normalized spacial score (nSPS) is 19.1. The van der Waals surface area contributed by atoms with Gasteiger partial charge in [0.25, 0.3) is 0 Å². The second-order valence-electron chi connectivity index (χ2n) is 5.13. The largest absolute Gasteiger partial charge is 0.493 e. The summed E-state index contributed by atoms with van der Waals surface area (Å²) in [4.78, 5) is 0. The monoisotopic (exact) mass is 273 g/mol. The Labute approximate surface area is 118 Å². The van der Waals surface area contributed by atoms with Crippen molar-refractivity contribution in [2.45, 2.75) is 12.5 Å². The van der Waals surface area contributed by atoms with Gasteiger partial charge in [0.05, 0.1) is 31.6 Å². The molecule has 5 nitrogen and oxygen atoms in total. The minimum absolute atomic E-state index is 0.161. The molecule has 0 spiro atoms. The molecule has 2 unspecified atom stereocenters. The van der Waals surface area contributed by atoms with Gasteiger partial charge in [0, 0.05) is 13.0 Å². The molecule has 2 aromatic rings. The lowest BCUT2D eigenvalue weighted by atomic mass is 9.89. The van der Waals surface area contributed by atoms with Crippen molar-refractivity contribution in [3.63, 3.8) is 0 Å². The molecule has 5 heteroatoms. The molecule has 0 radical (unpaired) electrons. The fraction of sp³-hybridized carbons (Fsp3) is 0.400. The molecular weight excluding hydrogens is 254 g/mol. The number of fused-ring (bicyclic) bond motifs is 1. The summed E-state index contributed by atoms with van der Waals surface area (Å²) in [6.07, 6.45) is 2.61. The lowest BCUT2D eigenvalue weighted by Gasteiger charge is -2.29. The van der Waals surface area contributed by atoms with E-state index in [9.17, 15) is 0 Å². The van der Waals surface area contributed by atoms with E-state index in [1.54, 1.807) is 18.0 Å². The Morgan fingerprint density at radius 2 is 2.25 bits per heavy atom. The number of ether oxygens (including phenoxy) is 2. The summed E-state index contributed by atoms with van der Waals surface area (Å²) in [5, 5.41) is 4.22. The molecule has 1 aromatic carbocycles. The van der Waals surface area contributed by atoms with Crippen molar-refractivity contribution in [3.8, 4) is 11.5 Å². The quantitative estimate of drug-likeness (QED) is 0.924. The zero-order valence-corrected chi connectivity index (χ0v) is 11.7. The van der Waals surface area contributed by atoms with Crippen LogP contribution in [0.5, 0.6) is 11.5 Å². The highest BCUT2D eigenvalue weighted by atomic mass is 16.5. The third kappa shape index (κ3) is 2.14. The number of benzene rings is 1.